The van der Waals surface area contributed by atoms with E-state index in [0.29, 0.717) is 12.6 Å². The van der Waals surface area contributed by atoms with Crippen molar-refractivity contribution < 1.29 is 0 Å². The van der Waals surface area contributed by atoms with Crippen molar-refractivity contribution in [2.24, 2.45) is 7.05 Å². The summed E-state index contributed by atoms with van der Waals surface area (Å²) in [6.45, 7) is 4.79. The number of anilines is 1. The minimum atomic E-state index is 0.485. The van der Waals surface area contributed by atoms with Gasteiger partial charge < -0.3 is 10.2 Å². The highest BCUT2D eigenvalue weighted by atomic mass is 15.6. The Morgan fingerprint density at radius 3 is 2.95 bits per heavy atom. The highest BCUT2D eigenvalue weighted by Crippen LogP contribution is 2.24. The SMILES string of the molecule is CCC1CN(Cc2nnn(C)n2)c2ccccc2CN1. The van der Waals surface area contributed by atoms with Gasteiger partial charge in [-0.3, -0.25) is 0 Å². The van der Waals surface area contributed by atoms with Crippen molar-refractivity contribution >= 4 is 5.69 Å². The Balaban J connectivity index is 1.89. The van der Waals surface area contributed by atoms with Gasteiger partial charge in [0.05, 0.1) is 13.6 Å². The number of aromatic nitrogens is 4. The molecule has 0 spiro atoms. The van der Waals surface area contributed by atoms with E-state index in [2.05, 4.69) is 56.8 Å². The smallest absolute Gasteiger partial charge is 0.193 e. The molecule has 0 bridgehead atoms. The Hall–Kier alpha value is -1.95. The van der Waals surface area contributed by atoms with Crippen molar-refractivity contribution in [2.75, 3.05) is 11.4 Å². The number of nitrogens with zero attached hydrogens (tertiary/aromatic N) is 5. The molecule has 6 nitrogen and oxygen atoms in total. The number of hydrogen-bond acceptors (Lipinski definition) is 5. The highest BCUT2D eigenvalue weighted by molar-refractivity contribution is 5.54. The van der Waals surface area contributed by atoms with Gasteiger partial charge in [-0.15, -0.1) is 10.2 Å². The molecule has 1 aliphatic rings. The van der Waals surface area contributed by atoms with E-state index in [9.17, 15) is 0 Å². The van der Waals surface area contributed by atoms with E-state index in [4.69, 9.17) is 0 Å². The van der Waals surface area contributed by atoms with E-state index in [1.54, 1.807) is 7.05 Å². The summed E-state index contributed by atoms with van der Waals surface area (Å²) in [4.78, 5) is 3.86. The van der Waals surface area contributed by atoms with Crippen LogP contribution in [0.1, 0.15) is 24.7 Å². The van der Waals surface area contributed by atoms with E-state index in [1.165, 1.54) is 16.0 Å². The molecule has 0 saturated heterocycles. The third kappa shape index (κ3) is 2.65. The second-order valence-electron chi connectivity index (χ2n) is 5.19. The molecule has 0 radical (unpaired) electrons. The molecule has 6 heteroatoms. The zero-order valence-corrected chi connectivity index (χ0v) is 12.0. The molecule has 106 valence electrons. The Morgan fingerprint density at radius 2 is 2.20 bits per heavy atom. The van der Waals surface area contributed by atoms with Crippen molar-refractivity contribution in [3.8, 4) is 0 Å². The molecule has 2 aromatic rings. The minimum Gasteiger partial charge on any atom is -0.362 e. The first-order valence-electron chi connectivity index (χ1n) is 7.05. The van der Waals surface area contributed by atoms with E-state index in [1.807, 2.05) is 0 Å². The van der Waals surface area contributed by atoms with Crippen LogP contribution in [0.25, 0.3) is 0 Å². The zero-order chi connectivity index (χ0) is 13.9. The largest absolute Gasteiger partial charge is 0.362 e. The molecule has 0 aliphatic carbocycles. The Bertz CT molecular complexity index is 579. The molecule has 0 fully saturated rings. The number of nitrogens with one attached hydrogen (secondary N) is 1. The molecule has 3 rings (SSSR count). The molecule has 2 heterocycles. The third-order valence-electron chi connectivity index (χ3n) is 3.73. The summed E-state index contributed by atoms with van der Waals surface area (Å²) >= 11 is 0. The van der Waals surface area contributed by atoms with Crippen LogP contribution >= 0.6 is 0 Å². The van der Waals surface area contributed by atoms with E-state index in [-0.39, 0.29) is 0 Å². The van der Waals surface area contributed by atoms with Crippen LogP contribution < -0.4 is 10.2 Å². The van der Waals surface area contributed by atoms with Crippen molar-refractivity contribution in [2.45, 2.75) is 32.5 Å². The van der Waals surface area contributed by atoms with E-state index in [0.717, 1.165) is 25.3 Å². The Kier molecular flexibility index (Phi) is 3.64. The maximum Gasteiger partial charge on any atom is 0.193 e. The van der Waals surface area contributed by atoms with Gasteiger partial charge in [-0.1, -0.05) is 25.1 Å². The molecule has 1 aromatic carbocycles. The monoisotopic (exact) mass is 272 g/mol. The van der Waals surface area contributed by atoms with Crippen LogP contribution in [-0.4, -0.2) is 32.8 Å². The van der Waals surface area contributed by atoms with Crippen LogP contribution in [-0.2, 0) is 20.1 Å². The minimum absolute atomic E-state index is 0.485. The zero-order valence-electron chi connectivity index (χ0n) is 12.0. The van der Waals surface area contributed by atoms with Gasteiger partial charge in [-0.2, -0.15) is 4.80 Å². The maximum absolute atomic E-state index is 4.29. The average Bonchev–Trinajstić information content (AvgIpc) is 2.79. The van der Waals surface area contributed by atoms with E-state index >= 15 is 0 Å². The maximum atomic E-state index is 4.29. The van der Waals surface area contributed by atoms with Crippen molar-refractivity contribution in [3.63, 3.8) is 0 Å². The Morgan fingerprint density at radius 1 is 1.35 bits per heavy atom. The van der Waals surface area contributed by atoms with Crippen LogP contribution in [0.5, 0.6) is 0 Å². The number of rotatable bonds is 3. The van der Waals surface area contributed by atoms with E-state index < -0.39 is 0 Å². The van der Waals surface area contributed by atoms with Gasteiger partial charge in [0.2, 0.25) is 0 Å². The number of benzene rings is 1. The van der Waals surface area contributed by atoms with Crippen LogP contribution in [0.3, 0.4) is 0 Å². The summed E-state index contributed by atoms with van der Waals surface area (Å²) in [5.41, 5.74) is 2.59. The molecular formula is C14H20N6. The number of hydrogen-bond donors (Lipinski definition) is 1. The topological polar surface area (TPSA) is 58.9 Å². The van der Waals surface area contributed by atoms with Gasteiger partial charge in [0, 0.05) is 24.8 Å². The van der Waals surface area contributed by atoms with Crippen LogP contribution in [0.2, 0.25) is 0 Å². The van der Waals surface area contributed by atoms with Crippen molar-refractivity contribution in [1.82, 2.24) is 25.5 Å². The second kappa shape index (κ2) is 5.58. The first-order valence-corrected chi connectivity index (χ1v) is 7.05. The van der Waals surface area contributed by atoms with Gasteiger partial charge in [0.15, 0.2) is 5.82 Å². The first kappa shape index (κ1) is 13.1. The number of aryl methyl sites for hydroxylation is 1. The molecule has 1 N–H and O–H groups in total. The summed E-state index contributed by atoms with van der Waals surface area (Å²) in [5, 5.41) is 15.9. The average molecular weight is 272 g/mol. The lowest BCUT2D eigenvalue weighted by Gasteiger charge is -2.25. The standard InChI is InChI=1S/C14H20N6/c1-3-12-9-20(10-14-16-18-19(2)17-14)13-7-5-4-6-11(13)8-15-12/h4-7,12,15H,3,8-10H2,1-2H3. The number of tetrazole rings is 1. The van der Waals surface area contributed by atoms with Gasteiger partial charge in [-0.05, 0) is 23.3 Å². The van der Waals surface area contributed by atoms with Crippen molar-refractivity contribution in [3.05, 3.63) is 35.7 Å². The number of fused-ring (bicyclic) bond motifs is 1. The van der Waals surface area contributed by atoms with Crippen LogP contribution in [0.15, 0.2) is 24.3 Å². The fourth-order valence-electron chi connectivity index (χ4n) is 2.63. The summed E-state index contributed by atoms with van der Waals surface area (Å²) in [6, 6.07) is 9.01. The summed E-state index contributed by atoms with van der Waals surface area (Å²) < 4.78 is 0. The first-order chi connectivity index (χ1) is 9.76. The molecule has 1 atom stereocenters. The predicted molar refractivity (Wildman–Crippen MR) is 77.2 cm³/mol. The molecular weight excluding hydrogens is 252 g/mol. The van der Waals surface area contributed by atoms with Crippen molar-refractivity contribution in [1.29, 1.82) is 0 Å². The van der Waals surface area contributed by atoms with Gasteiger partial charge >= 0.3 is 0 Å². The third-order valence-corrected chi connectivity index (χ3v) is 3.73. The normalized spacial score (nSPS) is 18.7. The molecule has 1 unspecified atom stereocenters. The number of para-hydroxylation sites is 1. The molecule has 0 amide bonds. The highest BCUT2D eigenvalue weighted by Gasteiger charge is 2.21. The summed E-state index contributed by atoms with van der Waals surface area (Å²) in [6.07, 6.45) is 1.11. The quantitative estimate of drug-likeness (QED) is 0.906. The fourth-order valence-corrected chi connectivity index (χ4v) is 2.63. The van der Waals surface area contributed by atoms with Crippen LogP contribution in [0.4, 0.5) is 5.69 Å². The lowest BCUT2D eigenvalue weighted by atomic mass is 10.1. The fraction of sp³-hybridized carbons (Fsp3) is 0.500. The molecule has 1 aliphatic heterocycles. The molecule has 0 saturated carbocycles. The Labute approximate surface area is 118 Å². The second-order valence-corrected chi connectivity index (χ2v) is 5.19. The lowest BCUT2D eigenvalue weighted by Crippen LogP contribution is -2.37. The van der Waals surface area contributed by atoms with Gasteiger partial charge in [0.25, 0.3) is 0 Å². The van der Waals surface area contributed by atoms with Gasteiger partial charge in [0.1, 0.15) is 0 Å². The predicted octanol–water partition coefficient (Wildman–Crippen LogP) is 1.10. The van der Waals surface area contributed by atoms with Crippen LogP contribution in [0, 0.1) is 0 Å². The molecule has 1 aromatic heterocycles. The molecule has 20 heavy (non-hydrogen) atoms. The summed E-state index contributed by atoms with van der Waals surface area (Å²) in [5.74, 6) is 0.763. The lowest BCUT2D eigenvalue weighted by molar-refractivity contribution is 0.500. The van der Waals surface area contributed by atoms with Gasteiger partial charge in [-0.25, -0.2) is 0 Å². The summed E-state index contributed by atoms with van der Waals surface area (Å²) in [7, 11) is 1.79.